The Hall–Kier alpha value is -2.32. The zero-order valence-corrected chi connectivity index (χ0v) is 16.3. The third-order valence-corrected chi connectivity index (χ3v) is 4.96. The lowest BCUT2D eigenvalue weighted by Crippen LogP contribution is -2.31. The fraction of sp³-hybridized carbons (Fsp3) is 0.278. The molecule has 0 atom stereocenters. The molecule has 1 aromatic heterocycles. The predicted octanol–water partition coefficient (Wildman–Crippen LogP) is 4.39. The van der Waals surface area contributed by atoms with E-state index in [-0.39, 0.29) is 18.1 Å². The van der Waals surface area contributed by atoms with Crippen LogP contribution in [0.1, 0.15) is 41.5 Å². The fourth-order valence-electron chi connectivity index (χ4n) is 2.04. The van der Waals surface area contributed by atoms with Gasteiger partial charge in [-0.3, -0.25) is 14.9 Å². The molecule has 0 bridgehead atoms. The van der Waals surface area contributed by atoms with Crippen molar-refractivity contribution >= 4 is 46.0 Å². The Bertz CT molecular complexity index is 785. The van der Waals surface area contributed by atoms with Crippen LogP contribution >= 0.6 is 23.1 Å². The zero-order valence-electron chi connectivity index (χ0n) is 14.7. The quantitative estimate of drug-likeness (QED) is 0.713. The van der Waals surface area contributed by atoms with Crippen LogP contribution in [0.25, 0.3) is 0 Å². The Morgan fingerprint density at radius 1 is 1.12 bits per heavy atom. The van der Waals surface area contributed by atoms with Gasteiger partial charge in [0.25, 0.3) is 11.8 Å². The molecule has 0 aliphatic rings. The van der Waals surface area contributed by atoms with Crippen LogP contribution in [0.4, 0.5) is 9.80 Å². The Kier molecular flexibility index (Phi) is 7.23. The number of alkyl carbamates (subject to hydrolysis) is 1. The summed E-state index contributed by atoms with van der Waals surface area (Å²) in [7, 11) is 0. The third kappa shape index (κ3) is 5.60. The number of carbonyl (C=O) groups excluding carboxylic acids is 3. The number of hydrogen-bond acceptors (Lipinski definition) is 6. The maximum atomic E-state index is 12.4. The van der Waals surface area contributed by atoms with Gasteiger partial charge in [0.05, 0.1) is 12.2 Å². The van der Waals surface area contributed by atoms with Gasteiger partial charge in [0.1, 0.15) is 5.00 Å². The lowest BCUT2D eigenvalue weighted by atomic mass is 10.2. The molecular weight excluding hydrogens is 372 g/mol. The monoisotopic (exact) mass is 392 g/mol. The average Bonchev–Trinajstić information content (AvgIpc) is 3.03. The van der Waals surface area contributed by atoms with Gasteiger partial charge in [0, 0.05) is 15.7 Å². The molecule has 0 saturated heterocycles. The maximum absolute atomic E-state index is 12.4. The molecule has 3 amide bonds. The number of thioether (sulfide) groups is 1. The molecule has 0 saturated carbocycles. The Morgan fingerprint density at radius 3 is 2.42 bits per heavy atom. The van der Waals surface area contributed by atoms with Crippen molar-refractivity contribution in [1.82, 2.24) is 5.32 Å². The molecule has 0 spiro atoms. The molecule has 2 rings (SSSR count). The SMILES string of the molecule is CCOC(=O)NC(=O)c1ccsc1NC(=O)c1ccc(SC(C)C)cc1. The van der Waals surface area contributed by atoms with Gasteiger partial charge in [0.15, 0.2) is 0 Å². The summed E-state index contributed by atoms with van der Waals surface area (Å²) in [6.07, 6.45) is -0.820. The molecule has 8 heteroatoms. The second kappa shape index (κ2) is 9.40. The Balaban J connectivity index is 2.05. The number of anilines is 1. The van der Waals surface area contributed by atoms with E-state index in [1.165, 1.54) is 17.4 Å². The van der Waals surface area contributed by atoms with E-state index in [2.05, 4.69) is 29.2 Å². The summed E-state index contributed by atoms with van der Waals surface area (Å²) < 4.78 is 4.68. The van der Waals surface area contributed by atoms with E-state index in [1.807, 2.05) is 12.1 Å². The summed E-state index contributed by atoms with van der Waals surface area (Å²) in [5, 5.41) is 7.32. The van der Waals surface area contributed by atoms with Crippen LogP contribution in [0, 0.1) is 0 Å². The molecule has 0 unspecified atom stereocenters. The third-order valence-electron chi connectivity index (χ3n) is 3.12. The van der Waals surface area contributed by atoms with Gasteiger partial charge < -0.3 is 10.1 Å². The van der Waals surface area contributed by atoms with Gasteiger partial charge in [0.2, 0.25) is 0 Å². The van der Waals surface area contributed by atoms with Crippen molar-refractivity contribution in [3.63, 3.8) is 0 Å². The maximum Gasteiger partial charge on any atom is 0.414 e. The second-order valence-corrected chi connectivity index (χ2v) is 8.05. The smallest absolute Gasteiger partial charge is 0.414 e. The van der Waals surface area contributed by atoms with Crippen LogP contribution in [0.5, 0.6) is 0 Å². The van der Waals surface area contributed by atoms with Crippen molar-refractivity contribution in [3.8, 4) is 0 Å². The number of hydrogen-bond donors (Lipinski definition) is 2. The van der Waals surface area contributed by atoms with Gasteiger partial charge in [-0.05, 0) is 42.6 Å². The first-order valence-electron chi connectivity index (χ1n) is 8.04. The lowest BCUT2D eigenvalue weighted by Gasteiger charge is -2.08. The van der Waals surface area contributed by atoms with Crippen LogP contribution in [0.2, 0.25) is 0 Å². The molecular formula is C18H20N2O4S2. The number of carbonyl (C=O) groups is 3. The minimum Gasteiger partial charge on any atom is -0.450 e. The molecule has 6 nitrogen and oxygen atoms in total. The van der Waals surface area contributed by atoms with Crippen molar-refractivity contribution in [3.05, 3.63) is 46.8 Å². The van der Waals surface area contributed by atoms with Crippen molar-refractivity contribution in [2.45, 2.75) is 30.9 Å². The fourth-order valence-corrected chi connectivity index (χ4v) is 3.66. The number of rotatable bonds is 6. The summed E-state index contributed by atoms with van der Waals surface area (Å²) in [6, 6.07) is 8.81. The molecule has 26 heavy (non-hydrogen) atoms. The zero-order chi connectivity index (χ0) is 19.1. The largest absolute Gasteiger partial charge is 0.450 e. The minimum atomic E-state index is -0.820. The summed E-state index contributed by atoms with van der Waals surface area (Å²) in [6.45, 7) is 6.01. The van der Waals surface area contributed by atoms with Gasteiger partial charge in [-0.1, -0.05) is 13.8 Å². The number of nitrogens with one attached hydrogen (secondary N) is 2. The van der Waals surface area contributed by atoms with E-state index in [0.29, 0.717) is 15.8 Å². The molecule has 2 N–H and O–H groups in total. The van der Waals surface area contributed by atoms with Gasteiger partial charge in [-0.25, -0.2) is 4.79 Å². The van der Waals surface area contributed by atoms with E-state index in [9.17, 15) is 14.4 Å². The number of imide groups is 1. The molecule has 1 heterocycles. The van der Waals surface area contributed by atoms with E-state index in [1.54, 1.807) is 36.2 Å². The van der Waals surface area contributed by atoms with Gasteiger partial charge >= 0.3 is 6.09 Å². The first-order chi connectivity index (χ1) is 12.4. The molecule has 0 fully saturated rings. The summed E-state index contributed by atoms with van der Waals surface area (Å²) in [5.74, 6) is -0.942. The van der Waals surface area contributed by atoms with Crippen LogP contribution < -0.4 is 10.6 Å². The van der Waals surface area contributed by atoms with Crippen molar-refractivity contribution in [2.75, 3.05) is 11.9 Å². The topological polar surface area (TPSA) is 84.5 Å². The van der Waals surface area contributed by atoms with Gasteiger partial charge in [-0.15, -0.1) is 23.1 Å². The number of ether oxygens (including phenoxy) is 1. The number of thiophene rings is 1. The summed E-state index contributed by atoms with van der Waals surface area (Å²) >= 11 is 2.92. The second-order valence-electron chi connectivity index (χ2n) is 5.48. The van der Waals surface area contributed by atoms with Crippen molar-refractivity contribution in [1.29, 1.82) is 0 Å². The predicted molar refractivity (Wildman–Crippen MR) is 104 cm³/mol. The van der Waals surface area contributed by atoms with E-state index in [4.69, 9.17) is 0 Å². The molecule has 0 radical (unpaired) electrons. The Morgan fingerprint density at radius 2 is 1.81 bits per heavy atom. The van der Waals surface area contributed by atoms with E-state index >= 15 is 0 Å². The van der Waals surface area contributed by atoms with Crippen LogP contribution in [-0.2, 0) is 4.74 Å². The highest BCUT2D eigenvalue weighted by molar-refractivity contribution is 7.99. The van der Waals surface area contributed by atoms with Crippen LogP contribution in [0.15, 0.2) is 40.6 Å². The standard InChI is InChI=1S/C18H20N2O4S2/c1-4-24-18(23)20-16(22)14-9-10-25-17(14)19-15(21)12-5-7-13(8-6-12)26-11(2)3/h5-11H,4H2,1-3H3,(H,19,21)(H,20,22,23). The first-order valence-corrected chi connectivity index (χ1v) is 9.80. The normalized spacial score (nSPS) is 10.5. The minimum absolute atomic E-state index is 0.164. The first kappa shape index (κ1) is 20.0. The molecule has 1 aromatic carbocycles. The lowest BCUT2D eigenvalue weighted by molar-refractivity contribution is 0.0926. The van der Waals surface area contributed by atoms with E-state index in [0.717, 1.165) is 4.90 Å². The van der Waals surface area contributed by atoms with Gasteiger partial charge in [-0.2, -0.15) is 0 Å². The highest BCUT2D eigenvalue weighted by Crippen LogP contribution is 2.25. The molecule has 0 aliphatic heterocycles. The molecule has 2 aromatic rings. The number of amides is 3. The average molecular weight is 393 g/mol. The summed E-state index contributed by atoms with van der Waals surface area (Å²) in [5.41, 5.74) is 0.701. The van der Waals surface area contributed by atoms with Crippen LogP contribution in [-0.4, -0.2) is 29.8 Å². The Labute approximate surface area is 160 Å². The highest BCUT2D eigenvalue weighted by Gasteiger charge is 2.18. The molecule has 0 aliphatic carbocycles. The number of benzene rings is 1. The highest BCUT2D eigenvalue weighted by atomic mass is 32.2. The van der Waals surface area contributed by atoms with E-state index < -0.39 is 12.0 Å². The van der Waals surface area contributed by atoms with Crippen molar-refractivity contribution in [2.24, 2.45) is 0 Å². The van der Waals surface area contributed by atoms with Crippen molar-refractivity contribution < 1.29 is 19.1 Å². The van der Waals surface area contributed by atoms with Crippen LogP contribution in [0.3, 0.4) is 0 Å². The summed E-state index contributed by atoms with van der Waals surface area (Å²) in [4.78, 5) is 37.0. The molecule has 138 valence electrons.